The number of amides is 1. The Morgan fingerprint density at radius 3 is 2.24 bits per heavy atom. The summed E-state index contributed by atoms with van der Waals surface area (Å²) < 4.78 is 11.5. The van der Waals surface area contributed by atoms with Gasteiger partial charge in [-0.15, -0.1) is 5.10 Å². The number of fused-ring (bicyclic) bond motifs is 2. The highest BCUT2D eigenvalue weighted by molar-refractivity contribution is 5.98. The van der Waals surface area contributed by atoms with Crippen LogP contribution in [0.25, 0.3) is 0 Å². The van der Waals surface area contributed by atoms with Crippen molar-refractivity contribution in [1.82, 2.24) is 10.2 Å². The minimum Gasteiger partial charge on any atom is -0.457 e. The van der Waals surface area contributed by atoms with Gasteiger partial charge in [-0.05, 0) is 25.0 Å². The Kier molecular flexibility index (Phi) is 3.09. The number of carbonyl (C=O) groups excluding carboxylic acids is 1. The third kappa shape index (κ3) is 2.46. The standard InChI is InChI=1S/C19H15N3O3/c23-17(20-19-22-21-18(25-19)11-9-10-11)16-12-5-1-3-7-14(12)24-15-8-4-2-6-13(15)16/h1-8,11,16H,9-10H2,(H,20,22,23). The van der Waals surface area contributed by atoms with Gasteiger partial charge in [0.25, 0.3) is 0 Å². The van der Waals surface area contributed by atoms with E-state index in [1.807, 2.05) is 48.5 Å². The van der Waals surface area contributed by atoms with E-state index in [-0.39, 0.29) is 11.9 Å². The minimum atomic E-state index is -0.488. The van der Waals surface area contributed by atoms with Gasteiger partial charge in [-0.3, -0.25) is 10.1 Å². The lowest BCUT2D eigenvalue weighted by Gasteiger charge is -2.26. The number of nitrogens with zero attached hydrogens (tertiary/aromatic N) is 2. The molecule has 6 nitrogen and oxygen atoms in total. The maximum absolute atomic E-state index is 13.0. The zero-order valence-corrected chi connectivity index (χ0v) is 13.3. The molecule has 0 radical (unpaired) electrons. The summed E-state index contributed by atoms with van der Waals surface area (Å²) in [6, 6.07) is 15.3. The van der Waals surface area contributed by atoms with E-state index in [0.29, 0.717) is 23.3 Å². The zero-order valence-electron chi connectivity index (χ0n) is 13.3. The maximum Gasteiger partial charge on any atom is 0.322 e. The number of carbonyl (C=O) groups is 1. The van der Waals surface area contributed by atoms with Crippen molar-refractivity contribution in [3.05, 3.63) is 65.5 Å². The van der Waals surface area contributed by atoms with Crippen LogP contribution in [0, 0.1) is 0 Å². The van der Waals surface area contributed by atoms with Crippen LogP contribution in [0.4, 0.5) is 6.01 Å². The molecule has 124 valence electrons. The van der Waals surface area contributed by atoms with E-state index in [4.69, 9.17) is 9.15 Å². The van der Waals surface area contributed by atoms with Gasteiger partial charge >= 0.3 is 6.01 Å². The summed E-state index contributed by atoms with van der Waals surface area (Å²) in [6.45, 7) is 0. The Hall–Kier alpha value is -3.15. The molecule has 1 fully saturated rings. The van der Waals surface area contributed by atoms with E-state index in [1.165, 1.54) is 0 Å². The molecule has 3 aromatic rings. The molecule has 1 N–H and O–H groups in total. The summed E-state index contributed by atoms with van der Waals surface area (Å²) in [7, 11) is 0. The predicted molar refractivity (Wildman–Crippen MR) is 89.7 cm³/mol. The fourth-order valence-corrected chi connectivity index (χ4v) is 3.15. The maximum atomic E-state index is 13.0. The van der Waals surface area contributed by atoms with Gasteiger partial charge in [0, 0.05) is 17.0 Å². The van der Waals surface area contributed by atoms with Crippen molar-refractivity contribution in [2.24, 2.45) is 0 Å². The lowest BCUT2D eigenvalue weighted by molar-refractivity contribution is -0.117. The number of rotatable bonds is 3. The quantitative estimate of drug-likeness (QED) is 0.788. The number of aromatic nitrogens is 2. The lowest BCUT2D eigenvalue weighted by atomic mass is 9.87. The first kappa shape index (κ1) is 14.2. The molecule has 1 aliphatic carbocycles. The zero-order chi connectivity index (χ0) is 16.8. The van der Waals surface area contributed by atoms with Crippen molar-refractivity contribution >= 4 is 11.9 Å². The summed E-state index contributed by atoms with van der Waals surface area (Å²) in [4.78, 5) is 13.0. The molecule has 2 aliphatic rings. The largest absolute Gasteiger partial charge is 0.457 e. The average molecular weight is 333 g/mol. The van der Waals surface area contributed by atoms with E-state index in [0.717, 1.165) is 24.0 Å². The van der Waals surface area contributed by atoms with Gasteiger partial charge in [-0.25, -0.2) is 0 Å². The van der Waals surface area contributed by atoms with Gasteiger partial charge < -0.3 is 9.15 Å². The number of benzene rings is 2. The molecule has 2 heterocycles. The van der Waals surface area contributed by atoms with E-state index < -0.39 is 5.92 Å². The number of ether oxygens (including phenoxy) is 1. The summed E-state index contributed by atoms with van der Waals surface area (Å²) >= 11 is 0. The summed E-state index contributed by atoms with van der Waals surface area (Å²) in [5.41, 5.74) is 1.64. The van der Waals surface area contributed by atoms with Crippen molar-refractivity contribution in [3.8, 4) is 11.5 Å². The van der Waals surface area contributed by atoms with Crippen LogP contribution in [-0.2, 0) is 4.79 Å². The Balaban J connectivity index is 1.50. The Morgan fingerprint density at radius 1 is 0.960 bits per heavy atom. The van der Waals surface area contributed by atoms with Gasteiger partial charge in [0.15, 0.2) is 0 Å². The fourth-order valence-electron chi connectivity index (χ4n) is 3.15. The predicted octanol–water partition coefficient (Wildman–Crippen LogP) is 3.82. The molecule has 0 saturated heterocycles. The second kappa shape index (κ2) is 5.44. The molecule has 0 atom stereocenters. The Bertz CT molecular complexity index is 916. The number of para-hydroxylation sites is 2. The number of anilines is 1. The molecule has 2 aromatic carbocycles. The third-order valence-corrected chi connectivity index (χ3v) is 4.54. The van der Waals surface area contributed by atoms with E-state index in [2.05, 4.69) is 15.5 Å². The van der Waals surface area contributed by atoms with E-state index in [9.17, 15) is 4.79 Å². The molecule has 1 amide bonds. The number of nitrogens with one attached hydrogen (secondary N) is 1. The monoisotopic (exact) mass is 333 g/mol. The van der Waals surface area contributed by atoms with E-state index in [1.54, 1.807) is 0 Å². The van der Waals surface area contributed by atoms with Crippen molar-refractivity contribution < 1.29 is 13.9 Å². The van der Waals surface area contributed by atoms with Gasteiger partial charge in [-0.2, -0.15) is 0 Å². The number of hydrogen-bond acceptors (Lipinski definition) is 5. The second-order valence-corrected chi connectivity index (χ2v) is 6.32. The smallest absolute Gasteiger partial charge is 0.322 e. The highest BCUT2D eigenvalue weighted by atomic mass is 16.5. The van der Waals surface area contributed by atoms with Gasteiger partial charge in [0.05, 0.1) is 5.92 Å². The van der Waals surface area contributed by atoms with Crippen LogP contribution in [0.1, 0.15) is 41.7 Å². The topological polar surface area (TPSA) is 77.3 Å². The summed E-state index contributed by atoms with van der Waals surface area (Å²) in [5.74, 6) is 1.62. The molecule has 25 heavy (non-hydrogen) atoms. The van der Waals surface area contributed by atoms with Crippen molar-refractivity contribution in [2.45, 2.75) is 24.7 Å². The Morgan fingerprint density at radius 2 is 1.60 bits per heavy atom. The van der Waals surface area contributed by atoms with Crippen molar-refractivity contribution in [1.29, 1.82) is 0 Å². The number of hydrogen-bond donors (Lipinski definition) is 1. The van der Waals surface area contributed by atoms with Crippen LogP contribution < -0.4 is 10.1 Å². The third-order valence-electron chi connectivity index (χ3n) is 4.54. The van der Waals surface area contributed by atoms with Crippen LogP contribution in [0.5, 0.6) is 11.5 Å². The van der Waals surface area contributed by atoms with Crippen LogP contribution in [-0.4, -0.2) is 16.1 Å². The second-order valence-electron chi connectivity index (χ2n) is 6.32. The molecule has 6 heteroatoms. The van der Waals surface area contributed by atoms with Crippen LogP contribution in [0.3, 0.4) is 0 Å². The first-order valence-electron chi connectivity index (χ1n) is 8.29. The van der Waals surface area contributed by atoms with Crippen molar-refractivity contribution in [2.75, 3.05) is 5.32 Å². The molecule has 0 bridgehead atoms. The minimum absolute atomic E-state index is 0.147. The van der Waals surface area contributed by atoms with Crippen molar-refractivity contribution in [3.63, 3.8) is 0 Å². The average Bonchev–Trinajstić information content (AvgIpc) is 3.39. The van der Waals surface area contributed by atoms with Crippen LogP contribution in [0.15, 0.2) is 52.9 Å². The highest BCUT2D eigenvalue weighted by Crippen LogP contribution is 2.44. The fraction of sp³-hybridized carbons (Fsp3) is 0.211. The normalized spacial score (nSPS) is 15.8. The molecule has 0 unspecified atom stereocenters. The summed E-state index contributed by atoms with van der Waals surface area (Å²) in [5, 5.41) is 10.7. The first-order valence-corrected chi connectivity index (χ1v) is 8.29. The van der Waals surface area contributed by atoms with Gasteiger partial charge in [0.2, 0.25) is 11.8 Å². The molecule has 1 saturated carbocycles. The first-order chi connectivity index (χ1) is 12.3. The Labute approximate surface area is 143 Å². The van der Waals surface area contributed by atoms with Crippen LogP contribution in [0.2, 0.25) is 0 Å². The molecular formula is C19H15N3O3. The summed E-state index contributed by atoms with van der Waals surface area (Å²) in [6.07, 6.45) is 2.13. The van der Waals surface area contributed by atoms with Gasteiger partial charge in [-0.1, -0.05) is 41.5 Å². The van der Waals surface area contributed by atoms with Gasteiger partial charge in [0.1, 0.15) is 11.5 Å². The molecule has 5 rings (SSSR count). The highest BCUT2D eigenvalue weighted by Gasteiger charge is 2.34. The lowest BCUT2D eigenvalue weighted by Crippen LogP contribution is -2.25. The molecule has 1 aliphatic heterocycles. The molecule has 0 spiro atoms. The molecular weight excluding hydrogens is 318 g/mol. The molecule has 1 aromatic heterocycles. The van der Waals surface area contributed by atoms with Crippen LogP contribution >= 0.6 is 0 Å². The van der Waals surface area contributed by atoms with E-state index >= 15 is 0 Å². The SMILES string of the molecule is O=C(Nc1nnc(C2CC2)o1)C1c2ccccc2Oc2ccccc21.